The first-order valence-corrected chi connectivity index (χ1v) is 6.98. The second-order valence-corrected chi connectivity index (χ2v) is 5.09. The summed E-state index contributed by atoms with van der Waals surface area (Å²) in [4.78, 5) is 26.5. The van der Waals surface area contributed by atoms with E-state index in [1.54, 1.807) is 12.3 Å². The van der Waals surface area contributed by atoms with Crippen LogP contribution in [0.5, 0.6) is 0 Å². The number of Topliss-reactive ketones (excluding diaryl/α,β-unsaturated/α-hetero) is 1. The van der Waals surface area contributed by atoms with Gasteiger partial charge in [-0.1, -0.05) is 12.1 Å². The fourth-order valence-electron chi connectivity index (χ4n) is 2.77. The first kappa shape index (κ1) is 12.1. The molecule has 104 valence electrons. The zero-order valence-corrected chi connectivity index (χ0v) is 11.4. The number of carbonyl (C=O) groups excluding carboxylic acids is 1. The second-order valence-electron chi connectivity index (χ2n) is 5.09. The van der Waals surface area contributed by atoms with Gasteiger partial charge in [-0.15, -0.1) is 0 Å². The zero-order chi connectivity index (χ0) is 14.2. The van der Waals surface area contributed by atoms with Crippen LogP contribution in [0.4, 0.5) is 5.69 Å². The molecule has 5 heteroatoms. The molecule has 1 aromatic heterocycles. The van der Waals surface area contributed by atoms with Gasteiger partial charge in [-0.05, 0) is 24.3 Å². The van der Waals surface area contributed by atoms with Crippen LogP contribution in [0, 0.1) is 0 Å². The van der Waals surface area contributed by atoms with Crippen LogP contribution in [0.3, 0.4) is 0 Å². The number of rotatable bonds is 3. The molecule has 4 rings (SSSR count). The number of carbonyl (C=O) groups is 1. The lowest BCUT2D eigenvalue weighted by molar-refractivity contribution is 0.0994. The minimum atomic E-state index is 0.0457. The first-order valence-electron chi connectivity index (χ1n) is 6.98. The Morgan fingerprint density at radius 2 is 2.14 bits per heavy atom. The number of H-pyrrole nitrogens is 1. The van der Waals surface area contributed by atoms with Gasteiger partial charge in [0.05, 0.1) is 24.3 Å². The van der Waals surface area contributed by atoms with Crippen molar-refractivity contribution in [1.82, 2.24) is 9.88 Å². The number of hydrogen-bond acceptors (Lipinski definition) is 4. The molecule has 0 spiro atoms. The molecule has 2 aromatic rings. The molecule has 2 aliphatic heterocycles. The smallest absolute Gasteiger partial charge is 0.186 e. The zero-order valence-electron chi connectivity index (χ0n) is 11.4. The summed E-state index contributed by atoms with van der Waals surface area (Å²) in [6, 6.07) is 11.6. The third kappa shape index (κ3) is 1.98. The van der Waals surface area contributed by atoms with Crippen LogP contribution in [0.15, 0.2) is 52.6 Å². The van der Waals surface area contributed by atoms with Crippen LogP contribution in [0.2, 0.25) is 0 Å². The Balaban J connectivity index is 1.71. The lowest BCUT2D eigenvalue weighted by Gasteiger charge is -2.27. The van der Waals surface area contributed by atoms with Gasteiger partial charge in [0.2, 0.25) is 0 Å². The predicted octanol–water partition coefficient (Wildman–Crippen LogP) is 2.39. The normalized spacial score (nSPS) is 16.1. The molecule has 0 aliphatic carbocycles. The fraction of sp³-hybridized carbons (Fsp3) is 0.188. The fourth-order valence-corrected chi connectivity index (χ4v) is 2.77. The number of para-hydroxylation sites is 1. The molecular weight excluding hydrogens is 264 g/mol. The summed E-state index contributed by atoms with van der Waals surface area (Å²) in [5.41, 5.74) is 2.56. The molecule has 5 nitrogen and oxygen atoms in total. The Morgan fingerprint density at radius 1 is 1.24 bits per heavy atom. The Kier molecular flexibility index (Phi) is 2.70. The van der Waals surface area contributed by atoms with Crippen molar-refractivity contribution in [3.05, 3.63) is 53.9 Å². The maximum atomic E-state index is 12.3. The van der Waals surface area contributed by atoms with Gasteiger partial charge in [0.25, 0.3) is 0 Å². The Hall–Kier alpha value is -2.69. The summed E-state index contributed by atoms with van der Waals surface area (Å²) in [6.07, 6.45) is 2.04. The van der Waals surface area contributed by atoms with Gasteiger partial charge in [0.1, 0.15) is 11.7 Å². The molecule has 0 amide bonds. The van der Waals surface area contributed by atoms with E-state index < -0.39 is 0 Å². The van der Waals surface area contributed by atoms with Crippen LogP contribution >= 0.6 is 0 Å². The lowest BCUT2D eigenvalue weighted by Crippen LogP contribution is -2.38. The molecule has 2 aliphatic rings. The van der Waals surface area contributed by atoms with E-state index in [1.165, 1.54) is 0 Å². The number of aromatic nitrogens is 1. The summed E-state index contributed by atoms with van der Waals surface area (Å²) >= 11 is 0. The van der Waals surface area contributed by atoms with Gasteiger partial charge in [-0.2, -0.15) is 0 Å². The van der Waals surface area contributed by atoms with Crippen LogP contribution in [0.25, 0.3) is 0 Å². The summed E-state index contributed by atoms with van der Waals surface area (Å²) in [7, 11) is 0. The summed E-state index contributed by atoms with van der Waals surface area (Å²) in [5, 5.41) is 0. The number of fused-ring (bicyclic) bond motifs is 3. The molecule has 0 bridgehead atoms. The highest BCUT2D eigenvalue weighted by atomic mass is 16.1. The second kappa shape index (κ2) is 4.70. The van der Waals surface area contributed by atoms with Gasteiger partial charge in [0.15, 0.2) is 5.78 Å². The summed E-state index contributed by atoms with van der Waals surface area (Å²) in [5.74, 6) is 1.77. The number of nitrogens with zero attached hydrogens (tertiary/aromatic N) is 3. The van der Waals surface area contributed by atoms with Crippen LogP contribution in [-0.4, -0.2) is 40.4 Å². The van der Waals surface area contributed by atoms with Gasteiger partial charge in [-0.25, -0.2) is 4.99 Å². The van der Waals surface area contributed by atoms with Crippen molar-refractivity contribution in [2.24, 2.45) is 9.98 Å². The topological polar surface area (TPSA) is 60.8 Å². The molecule has 3 heterocycles. The van der Waals surface area contributed by atoms with E-state index in [2.05, 4.69) is 19.9 Å². The maximum absolute atomic E-state index is 12.3. The van der Waals surface area contributed by atoms with Crippen LogP contribution in [-0.2, 0) is 0 Å². The molecule has 1 N–H and O–H groups in total. The van der Waals surface area contributed by atoms with Crippen molar-refractivity contribution in [3.8, 4) is 0 Å². The molecular formula is C16H14N4O. The third-order valence-corrected chi connectivity index (χ3v) is 3.76. The number of aromatic amines is 1. The van der Waals surface area contributed by atoms with Crippen molar-refractivity contribution in [3.63, 3.8) is 0 Å². The average Bonchev–Trinajstić information content (AvgIpc) is 3.19. The molecule has 0 unspecified atom stereocenters. The van der Waals surface area contributed by atoms with Gasteiger partial charge in [0, 0.05) is 18.3 Å². The van der Waals surface area contributed by atoms with E-state index >= 15 is 0 Å². The van der Waals surface area contributed by atoms with Crippen molar-refractivity contribution in [2.75, 3.05) is 13.1 Å². The molecule has 21 heavy (non-hydrogen) atoms. The van der Waals surface area contributed by atoms with Crippen LogP contribution in [0.1, 0.15) is 22.5 Å². The molecule has 0 atom stereocenters. The van der Waals surface area contributed by atoms with E-state index in [-0.39, 0.29) is 12.2 Å². The quantitative estimate of drug-likeness (QED) is 0.876. The summed E-state index contributed by atoms with van der Waals surface area (Å²) < 4.78 is 0. The van der Waals surface area contributed by atoms with Gasteiger partial charge < -0.3 is 9.88 Å². The molecule has 0 fully saturated rings. The number of hydrogen-bond donors (Lipinski definition) is 1. The van der Waals surface area contributed by atoms with E-state index in [0.717, 1.165) is 36.0 Å². The number of amidine groups is 2. The number of ketones is 1. The Labute approximate surface area is 122 Å². The van der Waals surface area contributed by atoms with Crippen molar-refractivity contribution < 1.29 is 4.79 Å². The highest BCUT2D eigenvalue weighted by Gasteiger charge is 2.30. The molecule has 1 aromatic carbocycles. The lowest BCUT2D eigenvalue weighted by atomic mass is 10.1. The maximum Gasteiger partial charge on any atom is 0.186 e. The standard InChI is InChI=1S/C16H14N4O/c21-14(13-6-3-7-17-13)10-15-19-12-5-2-1-4-11(12)16-18-8-9-20(15)16/h1-7,17H,8-10H2. The minimum absolute atomic E-state index is 0.0457. The first-order chi connectivity index (χ1) is 10.3. The minimum Gasteiger partial charge on any atom is -0.359 e. The third-order valence-electron chi connectivity index (χ3n) is 3.76. The Morgan fingerprint density at radius 3 is 3.00 bits per heavy atom. The van der Waals surface area contributed by atoms with E-state index in [4.69, 9.17) is 0 Å². The highest BCUT2D eigenvalue weighted by Crippen LogP contribution is 2.29. The largest absolute Gasteiger partial charge is 0.359 e. The number of benzene rings is 1. The highest BCUT2D eigenvalue weighted by molar-refractivity contribution is 6.20. The Bertz CT molecular complexity index is 758. The van der Waals surface area contributed by atoms with Gasteiger partial charge >= 0.3 is 0 Å². The molecule has 0 saturated carbocycles. The van der Waals surface area contributed by atoms with Crippen molar-refractivity contribution in [2.45, 2.75) is 6.42 Å². The summed E-state index contributed by atoms with van der Waals surface area (Å²) in [6.45, 7) is 1.54. The molecule has 0 radical (unpaired) electrons. The van der Waals surface area contributed by atoms with Gasteiger partial charge in [-0.3, -0.25) is 9.79 Å². The van der Waals surface area contributed by atoms with E-state index in [9.17, 15) is 4.79 Å². The van der Waals surface area contributed by atoms with E-state index in [1.807, 2.05) is 30.3 Å². The average molecular weight is 278 g/mol. The number of aliphatic imine (C=N–C) groups is 2. The molecule has 0 saturated heterocycles. The van der Waals surface area contributed by atoms with E-state index in [0.29, 0.717) is 5.69 Å². The van der Waals surface area contributed by atoms with Crippen LogP contribution < -0.4 is 0 Å². The number of nitrogens with one attached hydrogen (secondary N) is 1. The van der Waals surface area contributed by atoms with Crippen molar-refractivity contribution in [1.29, 1.82) is 0 Å². The monoisotopic (exact) mass is 278 g/mol. The predicted molar refractivity (Wildman–Crippen MR) is 81.4 cm³/mol. The SMILES string of the molecule is O=C(CC1=Nc2ccccc2C2=NCCN12)c1ccc[nH]1. The van der Waals surface area contributed by atoms with Crippen molar-refractivity contribution >= 4 is 23.1 Å².